The summed E-state index contributed by atoms with van der Waals surface area (Å²) in [6, 6.07) is 1.91. The Morgan fingerprint density at radius 3 is 2.74 bits per heavy atom. The largest absolute Gasteiger partial charge is 0.458 e. The molecule has 0 saturated heterocycles. The number of amides is 1. The number of rotatable bonds is 8. The Morgan fingerprint density at radius 2 is 2.00 bits per heavy atom. The first kappa shape index (κ1) is 27.9. The van der Waals surface area contributed by atoms with Gasteiger partial charge in [-0.2, -0.15) is 11.3 Å². The molecule has 3 fully saturated rings. The maximum Gasteiger partial charge on any atom is 0.306 e. The van der Waals surface area contributed by atoms with Gasteiger partial charge in [-0.25, -0.2) is 0 Å². The molecule has 3 saturated carbocycles. The van der Waals surface area contributed by atoms with Crippen LogP contribution in [0.5, 0.6) is 0 Å². The minimum atomic E-state index is -1.71. The number of carbonyl (C=O) groups excluding carboxylic acids is 4. The zero-order valence-corrected chi connectivity index (χ0v) is 23.3. The maximum absolute atomic E-state index is 13.4. The van der Waals surface area contributed by atoms with Crippen LogP contribution in [0, 0.1) is 28.6 Å². The molecule has 0 aromatic carbocycles. The molecule has 7 atom stereocenters. The van der Waals surface area contributed by atoms with Crippen LogP contribution in [0.2, 0.25) is 0 Å². The highest BCUT2D eigenvalue weighted by Gasteiger charge is 2.68. The summed E-state index contributed by atoms with van der Waals surface area (Å²) in [5, 5.41) is 29.8. The van der Waals surface area contributed by atoms with Crippen molar-refractivity contribution in [2.75, 3.05) is 6.61 Å². The van der Waals surface area contributed by atoms with Crippen LogP contribution in [-0.4, -0.2) is 52.0 Å². The predicted molar refractivity (Wildman–Crippen MR) is 144 cm³/mol. The van der Waals surface area contributed by atoms with Gasteiger partial charge in [0.05, 0.1) is 12.5 Å². The van der Waals surface area contributed by atoms with Gasteiger partial charge in [-0.15, -0.1) is 0 Å². The number of esters is 1. The van der Waals surface area contributed by atoms with Gasteiger partial charge in [0.15, 0.2) is 12.4 Å². The number of hydrogen-bond donors (Lipinski definition) is 3. The minimum absolute atomic E-state index is 0.0203. The van der Waals surface area contributed by atoms with Gasteiger partial charge in [-0.1, -0.05) is 25.5 Å². The van der Waals surface area contributed by atoms with Crippen LogP contribution in [0.15, 0.2) is 40.6 Å². The van der Waals surface area contributed by atoms with Gasteiger partial charge in [0, 0.05) is 29.7 Å². The number of carbonyl (C=O) groups is 4. The minimum Gasteiger partial charge on any atom is -0.458 e. The molecule has 0 unspecified atom stereocenters. The highest BCUT2D eigenvalue weighted by Crippen LogP contribution is 2.67. The molecular formula is C30H37NO7S. The van der Waals surface area contributed by atoms with Gasteiger partial charge in [0.25, 0.3) is 0 Å². The van der Waals surface area contributed by atoms with Gasteiger partial charge in [-0.3, -0.25) is 19.2 Å². The summed E-state index contributed by atoms with van der Waals surface area (Å²) in [6.45, 7) is 3.80. The number of thiophene rings is 1. The van der Waals surface area contributed by atoms with Crippen molar-refractivity contribution in [3.63, 3.8) is 0 Å². The van der Waals surface area contributed by atoms with Crippen LogP contribution < -0.4 is 5.32 Å². The number of ether oxygens (including phenoxy) is 1. The molecule has 1 heterocycles. The summed E-state index contributed by atoms with van der Waals surface area (Å²) < 4.78 is 5.20. The predicted octanol–water partition coefficient (Wildman–Crippen LogP) is 3.27. The Hall–Kier alpha value is -2.62. The smallest absolute Gasteiger partial charge is 0.306 e. The molecule has 0 bridgehead atoms. The van der Waals surface area contributed by atoms with Crippen LogP contribution in [-0.2, 0) is 30.5 Å². The van der Waals surface area contributed by atoms with Crippen molar-refractivity contribution in [2.45, 2.75) is 77.0 Å². The Balaban J connectivity index is 1.19. The molecule has 4 aliphatic rings. The molecule has 1 aromatic heterocycles. The summed E-state index contributed by atoms with van der Waals surface area (Å²) in [6.07, 6.45) is 6.94. The number of fused-ring (bicyclic) bond motifs is 5. The van der Waals surface area contributed by atoms with Crippen molar-refractivity contribution in [2.24, 2.45) is 28.6 Å². The van der Waals surface area contributed by atoms with Gasteiger partial charge in [-0.05, 0) is 78.5 Å². The third kappa shape index (κ3) is 4.83. The van der Waals surface area contributed by atoms with Crippen molar-refractivity contribution in [3.8, 4) is 0 Å². The number of aliphatic hydroxyl groups is 2. The molecular weight excluding hydrogens is 518 g/mol. The van der Waals surface area contributed by atoms with E-state index in [-0.39, 0.29) is 55.1 Å². The molecule has 39 heavy (non-hydrogen) atoms. The number of ketones is 2. The fourth-order valence-corrected chi connectivity index (χ4v) is 8.69. The highest BCUT2D eigenvalue weighted by molar-refractivity contribution is 7.07. The van der Waals surface area contributed by atoms with Gasteiger partial charge in [0.2, 0.25) is 11.7 Å². The molecule has 1 amide bonds. The van der Waals surface area contributed by atoms with Crippen LogP contribution in [0.1, 0.15) is 64.4 Å². The molecule has 5 rings (SSSR count). The van der Waals surface area contributed by atoms with E-state index in [0.717, 1.165) is 24.0 Å². The van der Waals surface area contributed by atoms with E-state index >= 15 is 0 Å². The van der Waals surface area contributed by atoms with Crippen molar-refractivity contribution < 1.29 is 34.1 Å². The average Bonchev–Trinajstić information content (AvgIpc) is 3.51. The third-order valence-corrected chi connectivity index (χ3v) is 10.8. The number of Topliss-reactive ketones (excluding diaryl/α,β-unsaturated/α-hetero) is 1. The van der Waals surface area contributed by atoms with Gasteiger partial charge < -0.3 is 20.3 Å². The van der Waals surface area contributed by atoms with E-state index in [9.17, 15) is 29.4 Å². The number of aliphatic hydroxyl groups excluding tert-OH is 1. The molecule has 210 valence electrons. The second-order valence-corrected chi connectivity index (χ2v) is 12.9. The monoisotopic (exact) mass is 555 g/mol. The first-order valence-corrected chi connectivity index (χ1v) is 14.7. The molecule has 4 aliphatic carbocycles. The lowest BCUT2D eigenvalue weighted by Crippen LogP contribution is -2.61. The van der Waals surface area contributed by atoms with E-state index in [4.69, 9.17) is 4.74 Å². The lowest BCUT2D eigenvalue weighted by atomic mass is 9.46. The quantitative estimate of drug-likeness (QED) is 0.420. The van der Waals surface area contributed by atoms with E-state index in [1.807, 2.05) is 29.8 Å². The molecule has 0 spiro atoms. The van der Waals surface area contributed by atoms with E-state index < -0.39 is 40.9 Å². The SMILES string of the molecule is C[C@]12C=CC(=O)C=C1CC[C@@H]1[C@@H]2[C@@H](O)C[C@@]2(C)[C@H]1CC[C@]2(O)C(=O)COC(=O)CCC(=O)NCc1ccsc1. The maximum atomic E-state index is 13.4. The van der Waals surface area contributed by atoms with Crippen molar-refractivity contribution in [1.82, 2.24) is 5.32 Å². The number of nitrogens with one attached hydrogen (secondary N) is 1. The summed E-state index contributed by atoms with van der Waals surface area (Å²) in [7, 11) is 0. The summed E-state index contributed by atoms with van der Waals surface area (Å²) in [5.74, 6) is -1.51. The second-order valence-electron chi connectivity index (χ2n) is 12.1. The molecule has 9 heteroatoms. The summed E-state index contributed by atoms with van der Waals surface area (Å²) in [5.41, 5.74) is -0.952. The summed E-state index contributed by atoms with van der Waals surface area (Å²) >= 11 is 1.54. The topological polar surface area (TPSA) is 130 Å². The lowest BCUT2D eigenvalue weighted by molar-refractivity contribution is -0.181. The van der Waals surface area contributed by atoms with Crippen LogP contribution in [0.3, 0.4) is 0 Å². The molecule has 0 radical (unpaired) electrons. The van der Waals surface area contributed by atoms with Crippen LogP contribution in [0.4, 0.5) is 0 Å². The standard InChI is InChI=1S/C30H37NO7S/c1-28-10-7-20(32)13-19(28)3-4-21-22-8-11-30(37,29(22,2)14-23(33)27(21)28)24(34)16-38-26(36)6-5-25(35)31-15-18-9-12-39-17-18/h7,9-10,12-13,17,21-23,27,33,37H,3-6,8,11,14-16H2,1-2H3,(H,31,35)/t21-,22-,23-,27+,28-,29-,30-/m0/s1. The van der Waals surface area contributed by atoms with Crippen molar-refractivity contribution in [3.05, 3.63) is 46.2 Å². The van der Waals surface area contributed by atoms with Crippen LogP contribution in [0.25, 0.3) is 0 Å². The second kappa shape index (κ2) is 10.4. The van der Waals surface area contributed by atoms with E-state index in [0.29, 0.717) is 13.0 Å². The Morgan fingerprint density at radius 1 is 1.21 bits per heavy atom. The van der Waals surface area contributed by atoms with E-state index in [1.165, 1.54) is 11.3 Å². The highest BCUT2D eigenvalue weighted by atomic mass is 32.1. The van der Waals surface area contributed by atoms with E-state index in [2.05, 4.69) is 12.2 Å². The summed E-state index contributed by atoms with van der Waals surface area (Å²) in [4.78, 5) is 49.7. The fourth-order valence-electron chi connectivity index (χ4n) is 8.02. The van der Waals surface area contributed by atoms with Gasteiger partial charge in [0.1, 0.15) is 5.60 Å². The molecule has 1 aromatic rings. The van der Waals surface area contributed by atoms with E-state index in [1.54, 1.807) is 12.2 Å². The lowest BCUT2D eigenvalue weighted by Gasteiger charge is -2.59. The zero-order chi connectivity index (χ0) is 28.0. The zero-order valence-electron chi connectivity index (χ0n) is 22.5. The molecule has 8 nitrogen and oxygen atoms in total. The Labute approximate surface area is 232 Å². The third-order valence-electron chi connectivity index (χ3n) is 10.1. The Kier molecular flexibility index (Phi) is 7.45. The Bertz CT molecular complexity index is 1220. The van der Waals surface area contributed by atoms with Crippen LogP contribution >= 0.6 is 11.3 Å². The molecule has 0 aliphatic heterocycles. The first-order chi connectivity index (χ1) is 18.5. The fraction of sp³-hybridized carbons (Fsp3) is 0.600. The molecule has 3 N–H and O–H groups in total. The van der Waals surface area contributed by atoms with Gasteiger partial charge >= 0.3 is 5.97 Å². The van der Waals surface area contributed by atoms with Crippen molar-refractivity contribution >= 4 is 34.8 Å². The van der Waals surface area contributed by atoms with Crippen molar-refractivity contribution in [1.29, 1.82) is 0 Å². The normalized spacial score (nSPS) is 36.8. The average molecular weight is 556 g/mol. The first-order valence-electron chi connectivity index (χ1n) is 13.8. The number of hydrogen-bond acceptors (Lipinski definition) is 8. The number of allylic oxidation sites excluding steroid dienone is 4.